The van der Waals surface area contributed by atoms with E-state index in [1.54, 1.807) is 7.05 Å². The minimum Gasteiger partial charge on any atom is -0.347 e. The molecule has 2 aromatic rings. The van der Waals surface area contributed by atoms with E-state index in [1.807, 2.05) is 45.0 Å². The minimum atomic E-state index is -0.499. The quantitative estimate of drug-likeness (QED) is 0.861. The van der Waals surface area contributed by atoms with Crippen LogP contribution >= 0.6 is 11.6 Å². The molecule has 0 atom stereocenters. The van der Waals surface area contributed by atoms with E-state index >= 15 is 0 Å². The number of halogens is 2. The third kappa shape index (κ3) is 3.78. The van der Waals surface area contributed by atoms with Gasteiger partial charge in [-0.05, 0) is 17.5 Å². The van der Waals surface area contributed by atoms with Gasteiger partial charge in [-0.1, -0.05) is 56.6 Å². The number of aryl methyl sites for hydroxylation is 2. The molecule has 0 aliphatic carbocycles. The number of nitrogens with zero attached hydrogens (tertiary/aromatic N) is 2. The van der Waals surface area contributed by atoms with Gasteiger partial charge in [-0.3, -0.25) is 13.9 Å². The van der Waals surface area contributed by atoms with Gasteiger partial charge in [-0.15, -0.1) is 0 Å². The zero-order chi connectivity index (χ0) is 17.9. The maximum absolute atomic E-state index is 13.0. The topological polar surface area (TPSA) is 46.9 Å². The predicted octanol–water partition coefficient (Wildman–Crippen LogP) is 3.81. The van der Waals surface area contributed by atoms with Crippen molar-refractivity contribution in [2.75, 3.05) is 6.67 Å². The first-order valence-corrected chi connectivity index (χ1v) is 8.33. The lowest BCUT2D eigenvalue weighted by Gasteiger charge is -2.21. The lowest BCUT2D eigenvalue weighted by molar-refractivity contribution is 0.0941. The van der Waals surface area contributed by atoms with Crippen LogP contribution in [0.25, 0.3) is 0 Å². The molecule has 0 saturated heterocycles. The number of nitrogens with one attached hydrogen (secondary N) is 1. The van der Waals surface area contributed by atoms with Crippen LogP contribution in [0.1, 0.15) is 48.1 Å². The summed E-state index contributed by atoms with van der Waals surface area (Å²) in [6, 6.07) is 7.59. The highest BCUT2D eigenvalue weighted by molar-refractivity contribution is 6.34. The van der Waals surface area contributed by atoms with E-state index in [2.05, 4.69) is 10.4 Å². The molecule has 6 heteroatoms. The SMILES string of the molecule is CCc1nn(C)c(C(=O)NCc2ccc(C(C)(C)C[18F])cc2)c1Cl. The van der Waals surface area contributed by atoms with Crippen molar-refractivity contribution in [2.24, 2.45) is 7.05 Å². The summed E-state index contributed by atoms with van der Waals surface area (Å²) in [5.41, 5.74) is 2.45. The summed E-state index contributed by atoms with van der Waals surface area (Å²) in [5, 5.41) is 7.49. The van der Waals surface area contributed by atoms with Gasteiger partial charge in [0.15, 0.2) is 0 Å². The van der Waals surface area contributed by atoms with Crippen LogP contribution in [0, 0.1) is 0 Å². The molecule has 1 amide bonds. The third-order valence-electron chi connectivity index (χ3n) is 4.13. The van der Waals surface area contributed by atoms with Crippen molar-refractivity contribution in [3.8, 4) is 0 Å². The highest BCUT2D eigenvalue weighted by Gasteiger charge is 2.21. The summed E-state index contributed by atoms with van der Waals surface area (Å²) in [6.07, 6.45) is 0.672. The van der Waals surface area contributed by atoms with Gasteiger partial charge in [-0.25, -0.2) is 0 Å². The van der Waals surface area contributed by atoms with Gasteiger partial charge >= 0.3 is 0 Å². The number of carbonyl (C=O) groups is 1. The fourth-order valence-corrected chi connectivity index (χ4v) is 2.82. The van der Waals surface area contributed by atoms with Gasteiger partial charge in [0.1, 0.15) is 5.69 Å². The molecule has 4 nitrogen and oxygen atoms in total. The van der Waals surface area contributed by atoms with E-state index in [0.29, 0.717) is 29.4 Å². The van der Waals surface area contributed by atoms with E-state index in [9.17, 15) is 9.18 Å². The molecule has 1 N–H and O–H groups in total. The van der Waals surface area contributed by atoms with Crippen LogP contribution < -0.4 is 5.32 Å². The van der Waals surface area contributed by atoms with Crippen molar-refractivity contribution in [3.05, 3.63) is 51.8 Å². The average Bonchev–Trinajstić information content (AvgIpc) is 2.87. The largest absolute Gasteiger partial charge is 0.347 e. The van der Waals surface area contributed by atoms with Crippen LogP contribution in [-0.2, 0) is 25.4 Å². The van der Waals surface area contributed by atoms with Crippen LogP contribution in [0.2, 0.25) is 5.02 Å². The van der Waals surface area contributed by atoms with Crippen LogP contribution in [0.5, 0.6) is 0 Å². The second kappa shape index (κ2) is 7.34. The van der Waals surface area contributed by atoms with Crippen molar-refractivity contribution in [1.82, 2.24) is 15.1 Å². The Morgan fingerprint density at radius 2 is 1.96 bits per heavy atom. The molecule has 24 heavy (non-hydrogen) atoms. The fourth-order valence-electron chi connectivity index (χ4n) is 2.44. The Labute approximate surface area is 147 Å². The lowest BCUT2D eigenvalue weighted by Crippen LogP contribution is -2.25. The fraction of sp³-hybridized carbons (Fsp3) is 0.444. The van der Waals surface area contributed by atoms with Crippen molar-refractivity contribution >= 4 is 17.5 Å². The standard InChI is InChI=1S/C18H23ClFN3O/c1-5-14-15(19)16(23(4)22-14)17(24)21-10-12-6-8-13(9-7-12)18(2,3)11-20/h6-9H,5,10-11H2,1-4H3,(H,21,24)/i20-1. The molecule has 1 aromatic carbocycles. The highest BCUT2D eigenvalue weighted by atomic mass is 35.5. The van der Waals surface area contributed by atoms with Gasteiger partial charge in [0.25, 0.3) is 5.91 Å². The second-order valence-corrected chi connectivity index (χ2v) is 6.86. The second-order valence-electron chi connectivity index (χ2n) is 6.48. The van der Waals surface area contributed by atoms with Crippen LogP contribution in [-0.4, -0.2) is 22.4 Å². The zero-order valence-corrected chi connectivity index (χ0v) is 15.2. The molecule has 0 radical (unpaired) electrons. The number of carbonyl (C=O) groups excluding carboxylic acids is 1. The summed E-state index contributed by atoms with van der Waals surface area (Å²) in [4.78, 5) is 12.4. The number of hydrogen-bond acceptors (Lipinski definition) is 2. The first kappa shape index (κ1) is 18.5. The van der Waals surface area contributed by atoms with Gasteiger partial charge in [-0.2, -0.15) is 5.10 Å². The van der Waals surface area contributed by atoms with Gasteiger partial charge < -0.3 is 5.32 Å². The molecule has 130 valence electrons. The van der Waals surface area contributed by atoms with Crippen LogP contribution in [0.15, 0.2) is 24.3 Å². The molecule has 0 bridgehead atoms. The van der Waals surface area contributed by atoms with Gasteiger partial charge in [0.2, 0.25) is 0 Å². The molecular weight excluding hydrogens is 328 g/mol. The van der Waals surface area contributed by atoms with Crippen molar-refractivity contribution in [1.29, 1.82) is 0 Å². The van der Waals surface area contributed by atoms with E-state index in [-0.39, 0.29) is 5.91 Å². The zero-order valence-electron chi connectivity index (χ0n) is 14.5. The van der Waals surface area contributed by atoms with Crippen molar-refractivity contribution in [3.63, 3.8) is 0 Å². The summed E-state index contributed by atoms with van der Waals surface area (Å²) < 4.78 is 14.5. The highest BCUT2D eigenvalue weighted by Crippen LogP contribution is 2.24. The summed E-state index contributed by atoms with van der Waals surface area (Å²) in [6.45, 7) is 5.62. The number of rotatable bonds is 6. The Balaban J connectivity index is 2.06. The average molecular weight is 351 g/mol. The number of benzene rings is 1. The molecular formula is C18H23ClFN3O. The normalized spacial score (nSPS) is 11.6. The molecule has 0 aliphatic heterocycles. The maximum atomic E-state index is 13.0. The molecule has 0 unspecified atom stereocenters. The lowest BCUT2D eigenvalue weighted by atomic mass is 9.86. The first-order valence-electron chi connectivity index (χ1n) is 7.95. The predicted molar refractivity (Wildman–Crippen MR) is 94.2 cm³/mol. The summed E-state index contributed by atoms with van der Waals surface area (Å²) >= 11 is 6.21. The molecule has 0 spiro atoms. The number of aromatic nitrogens is 2. The molecule has 1 aromatic heterocycles. The third-order valence-corrected chi connectivity index (χ3v) is 4.53. The number of alkyl halides is 1. The maximum Gasteiger partial charge on any atom is 0.271 e. The smallest absolute Gasteiger partial charge is 0.271 e. The van der Waals surface area contributed by atoms with Crippen LogP contribution in [0.4, 0.5) is 4.39 Å². The van der Waals surface area contributed by atoms with E-state index in [4.69, 9.17) is 11.6 Å². The van der Waals surface area contributed by atoms with Gasteiger partial charge in [0.05, 0.1) is 17.4 Å². The van der Waals surface area contributed by atoms with Crippen molar-refractivity contribution in [2.45, 2.75) is 39.2 Å². The number of hydrogen-bond donors (Lipinski definition) is 1. The Morgan fingerprint density at radius 1 is 1.33 bits per heavy atom. The monoisotopic (exact) mass is 350 g/mol. The molecule has 0 saturated carbocycles. The molecule has 2 rings (SSSR count). The first-order chi connectivity index (χ1) is 11.3. The Bertz CT molecular complexity index is 723. The summed E-state index contributed by atoms with van der Waals surface area (Å²) in [5.74, 6) is -0.261. The minimum absolute atomic E-state index is 0.261. The Hall–Kier alpha value is -1.88. The Morgan fingerprint density at radius 3 is 2.46 bits per heavy atom. The van der Waals surface area contributed by atoms with E-state index in [0.717, 1.165) is 11.1 Å². The summed E-state index contributed by atoms with van der Waals surface area (Å²) in [7, 11) is 1.70. The van der Waals surface area contributed by atoms with Crippen molar-refractivity contribution < 1.29 is 9.18 Å². The van der Waals surface area contributed by atoms with Crippen LogP contribution in [0.3, 0.4) is 0 Å². The van der Waals surface area contributed by atoms with E-state index in [1.165, 1.54) is 4.68 Å². The van der Waals surface area contributed by atoms with Gasteiger partial charge in [0, 0.05) is 19.0 Å². The Kier molecular flexibility index (Phi) is 5.65. The van der Waals surface area contributed by atoms with E-state index < -0.39 is 12.1 Å². The molecule has 0 fully saturated rings. The number of amides is 1. The molecule has 1 heterocycles. The molecule has 0 aliphatic rings.